The van der Waals surface area contributed by atoms with Gasteiger partial charge in [-0.2, -0.15) is 0 Å². The van der Waals surface area contributed by atoms with E-state index in [0.717, 1.165) is 74.2 Å². The van der Waals surface area contributed by atoms with E-state index in [-0.39, 0.29) is 41.8 Å². The highest BCUT2D eigenvalue weighted by Gasteiger charge is 2.56. The third kappa shape index (κ3) is 7.68. The highest BCUT2D eigenvalue weighted by atomic mass is 16.5. The molecular formula is C49H52N8O8. The number of nitrogens with one attached hydrogen (secondary N) is 4. The van der Waals surface area contributed by atoms with Crippen LogP contribution in [-0.2, 0) is 30.4 Å². The molecule has 6 aromatic rings. The van der Waals surface area contributed by atoms with E-state index in [1.807, 2.05) is 55.1 Å². The standard InChI is InChI=1S/C49H52N8O8/c1-25(2)41(54-48(60)63-4)47(59)57-37-18-30(37)19-39(57)45-51-35-14-12-28-17-34-32-13-11-29(16-31(32)24-65-40(34)20-33(28)43(35)53-45)36-21-50-44(52-36)38-15-26(23-62-3)22-56(38)46(58)42(55-49(61)64-5)27-9-7-6-8-10-27/h6-14,16-17,20-21,25-26,30,37-39,41-42H,15,18-19,22-24H2,1-5H3,(H,50,52)(H,51,53)(H,54,60)(H,55,61)/t26-,30?,37+,38-,39?,41-,42+/m0/s1. The topological polar surface area (TPSA) is 193 Å². The summed E-state index contributed by atoms with van der Waals surface area (Å²) < 4.78 is 21.7. The maximum absolute atomic E-state index is 14.3. The van der Waals surface area contributed by atoms with Gasteiger partial charge < -0.3 is 49.3 Å². The Balaban J connectivity index is 0.908. The third-order valence-electron chi connectivity index (χ3n) is 13.6. The first kappa shape index (κ1) is 42.0. The number of rotatable bonds is 11. The highest BCUT2D eigenvalue weighted by molar-refractivity contribution is 6.07. The summed E-state index contributed by atoms with van der Waals surface area (Å²) in [5.74, 6) is 2.14. The number of amides is 4. The second-order valence-electron chi connectivity index (χ2n) is 18.0. The quantitative estimate of drug-likeness (QED) is 0.102. The van der Waals surface area contributed by atoms with Crippen molar-refractivity contribution in [2.24, 2.45) is 17.8 Å². The van der Waals surface area contributed by atoms with Crippen molar-refractivity contribution in [3.63, 3.8) is 0 Å². The first-order valence-electron chi connectivity index (χ1n) is 22.2. The number of alkyl carbamates (subject to hydrolysis) is 2. The van der Waals surface area contributed by atoms with E-state index in [1.54, 1.807) is 18.2 Å². The summed E-state index contributed by atoms with van der Waals surface area (Å²) in [6.45, 7) is 5.12. The van der Waals surface area contributed by atoms with Gasteiger partial charge in [0.25, 0.3) is 5.91 Å². The van der Waals surface area contributed by atoms with Crippen LogP contribution in [0, 0.1) is 17.8 Å². The van der Waals surface area contributed by atoms with Crippen LogP contribution >= 0.6 is 0 Å². The van der Waals surface area contributed by atoms with E-state index < -0.39 is 24.3 Å². The molecule has 16 nitrogen and oxygen atoms in total. The van der Waals surface area contributed by atoms with E-state index in [2.05, 4.69) is 57.0 Å². The zero-order valence-corrected chi connectivity index (χ0v) is 36.9. The second-order valence-corrected chi connectivity index (χ2v) is 18.0. The van der Waals surface area contributed by atoms with Crippen molar-refractivity contribution >= 4 is 45.8 Å². The number of carbonyl (C=O) groups excluding carboxylic acids is 4. The van der Waals surface area contributed by atoms with Crippen molar-refractivity contribution in [3.05, 3.63) is 102 Å². The van der Waals surface area contributed by atoms with E-state index in [9.17, 15) is 19.2 Å². The number of hydrogen-bond acceptors (Lipinski definition) is 10. The molecule has 4 amide bonds. The maximum atomic E-state index is 14.3. The van der Waals surface area contributed by atoms with Crippen LogP contribution in [0.4, 0.5) is 9.59 Å². The molecule has 4 aliphatic rings. The zero-order chi connectivity index (χ0) is 45.1. The van der Waals surface area contributed by atoms with Crippen LogP contribution in [-0.4, -0.2) is 100 Å². The molecule has 3 aliphatic heterocycles. The molecule has 4 N–H and O–H groups in total. The monoisotopic (exact) mass is 880 g/mol. The number of hydrogen-bond donors (Lipinski definition) is 4. The van der Waals surface area contributed by atoms with Gasteiger partial charge in [-0.15, -0.1) is 0 Å². The Morgan fingerprint density at radius 3 is 2.42 bits per heavy atom. The smallest absolute Gasteiger partial charge is 0.407 e. The molecular weight excluding hydrogens is 829 g/mol. The number of methoxy groups -OCH3 is 3. The number of piperidine rings is 1. The van der Waals surface area contributed by atoms with Gasteiger partial charge in [0.2, 0.25) is 5.91 Å². The summed E-state index contributed by atoms with van der Waals surface area (Å²) in [7, 11) is 4.23. The molecule has 1 aliphatic carbocycles. The Labute approximate surface area is 375 Å². The number of ether oxygens (including phenoxy) is 4. The first-order valence-corrected chi connectivity index (χ1v) is 22.2. The molecule has 0 bridgehead atoms. The van der Waals surface area contributed by atoms with Gasteiger partial charge in [-0.05, 0) is 83.0 Å². The number of likely N-dealkylation sites (tertiary alicyclic amines) is 2. The van der Waals surface area contributed by atoms with Gasteiger partial charge in [-0.25, -0.2) is 19.6 Å². The molecule has 2 aromatic heterocycles. The van der Waals surface area contributed by atoms with Crippen molar-refractivity contribution in [3.8, 4) is 28.1 Å². The van der Waals surface area contributed by atoms with Crippen LogP contribution in [0.2, 0.25) is 0 Å². The van der Waals surface area contributed by atoms with Gasteiger partial charge in [0.15, 0.2) is 0 Å². The lowest BCUT2D eigenvalue weighted by molar-refractivity contribution is -0.137. The molecule has 1 saturated carbocycles. The second kappa shape index (κ2) is 16.9. The summed E-state index contributed by atoms with van der Waals surface area (Å²) in [6.07, 6.45) is 2.88. The Morgan fingerprint density at radius 1 is 0.846 bits per heavy atom. The van der Waals surface area contributed by atoms with E-state index in [4.69, 9.17) is 28.9 Å². The lowest BCUT2D eigenvalue weighted by Crippen LogP contribution is -2.52. The number of aromatic amines is 2. The molecule has 0 spiro atoms. The molecule has 0 radical (unpaired) electrons. The number of benzene rings is 4. The Kier molecular flexibility index (Phi) is 10.9. The summed E-state index contributed by atoms with van der Waals surface area (Å²) in [5, 5.41) is 7.49. The summed E-state index contributed by atoms with van der Waals surface area (Å²) >= 11 is 0. The third-order valence-corrected chi connectivity index (χ3v) is 13.6. The minimum atomic E-state index is -0.946. The number of carbonyl (C=O) groups is 4. The van der Waals surface area contributed by atoms with E-state index >= 15 is 0 Å². The van der Waals surface area contributed by atoms with Crippen molar-refractivity contribution in [1.82, 2.24) is 40.4 Å². The summed E-state index contributed by atoms with van der Waals surface area (Å²) in [4.78, 5) is 73.6. The van der Waals surface area contributed by atoms with Gasteiger partial charge >= 0.3 is 12.2 Å². The zero-order valence-electron chi connectivity index (χ0n) is 36.9. The predicted molar refractivity (Wildman–Crippen MR) is 240 cm³/mol. The largest absolute Gasteiger partial charge is 0.488 e. The van der Waals surface area contributed by atoms with Crippen LogP contribution in [0.3, 0.4) is 0 Å². The number of nitrogens with zero attached hydrogens (tertiary/aromatic N) is 4. The number of imidazole rings is 2. The molecule has 5 heterocycles. The predicted octanol–water partition coefficient (Wildman–Crippen LogP) is 7.34. The van der Waals surface area contributed by atoms with E-state index in [0.29, 0.717) is 43.5 Å². The Hall–Kier alpha value is -6.94. The fourth-order valence-corrected chi connectivity index (χ4v) is 10.2. The number of fused-ring (bicyclic) bond motifs is 7. The van der Waals surface area contributed by atoms with Gasteiger partial charge in [-0.3, -0.25) is 9.59 Å². The van der Waals surface area contributed by atoms with Crippen molar-refractivity contribution < 1.29 is 38.1 Å². The Bertz CT molecular complexity index is 2820. The Morgan fingerprint density at radius 2 is 1.65 bits per heavy atom. The fourth-order valence-electron chi connectivity index (χ4n) is 10.2. The van der Waals surface area contributed by atoms with Gasteiger partial charge in [0, 0.05) is 36.6 Å². The lowest BCUT2D eigenvalue weighted by atomic mass is 9.92. The number of aromatic nitrogens is 4. The highest BCUT2D eigenvalue weighted by Crippen LogP contribution is 2.54. The van der Waals surface area contributed by atoms with Crippen molar-refractivity contribution in [2.45, 2.75) is 69.9 Å². The minimum absolute atomic E-state index is 0.0696. The maximum Gasteiger partial charge on any atom is 0.407 e. The molecule has 10 rings (SSSR count). The normalized spacial score (nSPS) is 21.6. The number of H-pyrrole nitrogens is 2. The van der Waals surface area contributed by atoms with Crippen LogP contribution in [0.5, 0.6) is 5.75 Å². The van der Waals surface area contributed by atoms with Crippen molar-refractivity contribution in [1.29, 1.82) is 0 Å². The molecule has 3 fully saturated rings. The molecule has 16 heteroatoms. The molecule has 2 unspecified atom stereocenters. The van der Waals surface area contributed by atoms with Crippen molar-refractivity contribution in [2.75, 3.05) is 34.5 Å². The first-order chi connectivity index (χ1) is 31.5. The average molecular weight is 881 g/mol. The van der Waals surface area contributed by atoms with Crippen LogP contribution in [0.1, 0.15) is 74.0 Å². The molecule has 2 saturated heterocycles. The SMILES string of the molecule is COC[C@H]1C[C@@H](c2ncc(-c3ccc4c(c3)COc3cc5c(ccc6nc(C7CC8C[C@H]8N7C(=O)[C@@H](NC(=O)OC)C(C)C)[nH]c65)cc3-4)[nH]2)N(C(=O)[C@H](NC(=O)OC)c2ccccc2)C1. The molecule has 336 valence electrons. The van der Waals surface area contributed by atoms with Gasteiger partial charge in [0.05, 0.1) is 55.8 Å². The lowest BCUT2D eigenvalue weighted by Gasteiger charge is -2.31. The fraction of sp³-hybridized carbons (Fsp3) is 0.388. The average Bonchev–Trinajstić information content (AvgIpc) is 3.79. The minimum Gasteiger partial charge on any atom is -0.488 e. The van der Waals surface area contributed by atoms with Crippen LogP contribution < -0.4 is 15.4 Å². The van der Waals surface area contributed by atoms with Gasteiger partial charge in [0.1, 0.15) is 36.1 Å². The summed E-state index contributed by atoms with van der Waals surface area (Å²) in [6, 6.07) is 21.6. The molecule has 4 aromatic carbocycles. The molecule has 65 heavy (non-hydrogen) atoms. The summed E-state index contributed by atoms with van der Waals surface area (Å²) in [5.41, 5.74) is 7.15. The van der Waals surface area contributed by atoms with E-state index in [1.165, 1.54) is 14.2 Å². The van der Waals surface area contributed by atoms with Crippen LogP contribution in [0.25, 0.3) is 44.2 Å². The van der Waals surface area contributed by atoms with Crippen LogP contribution in [0.15, 0.2) is 79.0 Å². The van der Waals surface area contributed by atoms with Gasteiger partial charge in [-0.1, -0.05) is 62.4 Å². The molecule has 7 atom stereocenters.